The third-order valence-corrected chi connectivity index (χ3v) is 3.94. The van der Waals surface area contributed by atoms with E-state index in [9.17, 15) is 9.18 Å². The molecule has 2 aliphatic heterocycles. The lowest BCUT2D eigenvalue weighted by atomic mass is 10.2. The summed E-state index contributed by atoms with van der Waals surface area (Å²) in [6.07, 6.45) is 3.73. The first-order valence-electron chi connectivity index (χ1n) is 6.98. The number of hydrogen-bond donors (Lipinski definition) is 1. The number of morpholine rings is 1. The van der Waals surface area contributed by atoms with Gasteiger partial charge in [0.25, 0.3) is 5.91 Å². The van der Waals surface area contributed by atoms with Crippen molar-refractivity contribution in [2.45, 2.75) is 25.0 Å². The van der Waals surface area contributed by atoms with E-state index in [4.69, 9.17) is 4.74 Å². The van der Waals surface area contributed by atoms with Gasteiger partial charge in [0.05, 0.1) is 12.7 Å². The van der Waals surface area contributed by atoms with Crippen LogP contribution >= 0.6 is 0 Å². The summed E-state index contributed by atoms with van der Waals surface area (Å²) in [5.41, 5.74) is 0.285. The minimum Gasteiger partial charge on any atom is -0.373 e. The van der Waals surface area contributed by atoms with Gasteiger partial charge in [-0.3, -0.25) is 9.69 Å². The van der Waals surface area contributed by atoms with E-state index in [-0.39, 0.29) is 17.6 Å². The van der Waals surface area contributed by atoms with Gasteiger partial charge in [-0.25, -0.2) is 4.98 Å². The van der Waals surface area contributed by atoms with E-state index < -0.39 is 5.95 Å². The number of hydrogen-bond acceptors (Lipinski definition) is 4. The zero-order valence-corrected chi connectivity index (χ0v) is 11.2. The number of ether oxygens (including phenoxy) is 1. The molecule has 0 aromatic carbocycles. The molecule has 0 spiro atoms. The Hall–Kier alpha value is -1.53. The molecule has 5 nitrogen and oxygen atoms in total. The molecule has 3 rings (SSSR count). The van der Waals surface area contributed by atoms with Crippen molar-refractivity contribution in [2.75, 3.05) is 26.2 Å². The maximum atomic E-state index is 12.9. The second kappa shape index (κ2) is 5.85. The molecule has 2 aliphatic rings. The molecular formula is C14H18FN3O2. The summed E-state index contributed by atoms with van der Waals surface area (Å²) in [6, 6.07) is 3.18. The highest BCUT2D eigenvalue weighted by Gasteiger charge is 2.32. The molecule has 3 heterocycles. The Morgan fingerprint density at radius 3 is 3.35 bits per heavy atom. The number of rotatable bonds is 3. The van der Waals surface area contributed by atoms with Gasteiger partial charge in [0, 0.05) is 37.0 Å². The topological polar surface area (TPSA) is 54.5 Å². The fourth-order valence-electron chi connectivity index (χ4n) is 2.86. The van der Waals surface area contributed by atoms with Crippen LogP contribution in [0.2, 0.25) is 0 Å². The molecule has 2 fully saturated rings. The summed E-state index contributed by atoms with van der Waals surface area (Å²) < 4.78 is 18.7. The monoisotopic (exact) mass is 279 g/mol. The van der Waals surface area contributed by atoms with Crippen molar-refractivity contribution in [2.24, 2.45) is 0 Å². The average molecular weight is 279 g/mol. The zero-order valence-electron chi connectivity index (χ0n) is 11.2. The summed E-state index contributed by atoms with van der Waals surface area (Å²) in [5, 5.41) is 2.79. The Balaban J connectivity index is 1.51. The van der Waals surface area contributed by atoms with Crippen molar-refractivity contribution in [3.05, 3.63) is 29.8 Å². The van der Waals surface area contributed by atoms with E-state index in [1.807, 2.05) is 0 Å². The SMILES string of the molecule is O=C(NCC1CN2CCCC2CO1)c1ccnc(F)c1. The molecule has 6 heteroatoms. The molecule has 1 N–H and O–H groups in total. The molecular weight excluding hydrogens is 261 g/mol. The highest BCUT2D eigenvalue weighted by molar-refractivity contribution is 5.94. The van der Waals surface area contributed by atoms with Crippen molar-refractivity contribution in [3.63, 3.8) is 0 Å². The van der Waals surface area contributed by atoms with Crippen LogP contribution in [0.4, 0.5) is 4.39 Å². The van der Waals surface area contributed by atoms with Crippen LogP contribution in [0.25, 0.3) is 0 Å². The largest absolute Gasteiger partial charge is 0.373 e. The predicted octanol–water partition coefficient (Wildman–Crippen LogP) is 0.814. The van der Waals surface area contributed by atoms with Crippen LogP contribution < -0.4 is 5.32 Å². The Labute approximate surface area is 117 Å². The molecule has 20 heavy (non-hydrogen) atoms. The Kier molecular flexibility index (Phi) is 3.93. The molecule has 1 amide bonds. The van der Waals surface area contributed by atoms with E-state index in [2.05, 4.69) is 15.2 Å². The summed E-state index contributed by atoms with van der Waals surface area (Å²) >= 11 is 0. The fraction of sp³-hybridized carbons (Fsp3) is 0.571. The molecule has 0 aliphatic carbocycles. The van der Waals surface area contributed by atoms with Gasteiger partial charge in [0.2, 0.25) is 5.95 Å². The lowest BCUT2D eigenvalue weighted by Crippen LogP contribution is -2.50. The smallest absolute Gasteiger partial charge is 0.251 e. The van der Waals surface area contributed by atoms with E-state index in [1.165, 1.54) is 25.1 Å². The number of nitrogens with zero attached hydrogens (tertiary/aromatic N) is 2. The Bertz CT molecular complexity index is 497. The van der Waals surface area contributed by atoms with Gasteiger partial charge in [-0.05, 0) is 25.5 Å². The molecule has 2 unspecified atom stereocenters. The molecule has 0 radical (unpaired) electrons. The fourth-order valence-corrected chi connectivity index (χ4v) is 2.86. The summed E-state index contributed by atoms with van der Waals surface area (Å²) in [6.45, 7) is 3.17. The number of aromatic nitrogens is 1. The van der Waals surface area contributed by atoms with Crippen LogP contribution in [-0.2, 0) is 4.74 Å². The molecule has 2 saturated heterocycles. The lowest BCUT2D eigenvalue weighted by molar-refractivity contribution is -0.0461. The molecule has 1 aromatic heterocycles. The van der Waals surface area contributed by atoms with Crippen molar-refractivity contribution in [1.82, 2.24) is 15.2 Å². The number of nitrogens with one attached hydrogen (secondary N) is 1. The van der Waals surface area contributed by atoms with Gasteiger partial charge in [0.15, 0.2) is 0 Å². The number of carbonyl (C=O) groups excluding carboxylic acids is 1. The first kappa shape index (κ1) is 13.5. The van der Waals surface area contributed by atoms with Crippen molar-refractivity contribution >= 4 is 5.91 Å². The average Bonchev–Trinajstić information content (AvgIpc) is 2.92. The van der Waals surface area contributed by atoms with Gasteiger partial charge < -0.3 is 10.1 Å². The molecule has 2 atom stereocenters. The molecule has 0 saturated carbocycles. The van der Waals surface area contributed by atoms with E-state index in [0.29, 0.717) is 12.6 Å². The number of halogens is 1. The van der Waals surface area contributed by atoms with Crippen LogP contribution in [-0.4, -0.2) is 54.2 Å². The van der Waals surface area contributed by atoms with Crippen LogP contribution in [0.3, 0.4) is 0 Å². The van der Waals surface area contributed by atoms with Gasteiger partial charge in [-0.1, -0.05) is 0 Å². The maximum absolute atomic E-state index is 12.9. The summed E-state index contributed by atoms with van der Waals surface area (Å²) in [7, 11) is 0. The van der Waals surface area contributed by atoms with Crippen LogP contribution in [0.1, 0.15) is 23.2 Å². The standard InChI is InChI=1S/C14H18FN3O2/c15-13-6-10(3-4-16-13)14(19)17-7-12-8-18-5-1-2-11(18)9-20-12/h3-4,6,11-12H,1-2,5,7-9H2,(H,17,19). The van der Waals surface area contributed by atoms with Crippen molar-refractivity contribution < 1.29 is 13.9 Å². The Morgan fingerprint density at radius 2 is 2.50 bits per heavy atom. The second-order valence-corrected chi connectivity index (χ2v) is 5.32. The first-order valence-corrected chi connectivity index (χ1v) is 6.98. The highest BCUT2D eigenvalue weighted by atomic mass is 19.1. The third-order valence-electron chi connectivity index (χ3n) is 3.94. The zero-order chi connectivity index (χ0) is 13.9. The highest BCUT2D eigenvalue weighted by Crippen LogP contribution is 2.22. The van der Waals surface area contributed by atoms with Crippen LogP contribution in [0.5, 0.6) is 0 Å². The number of amides is 1. The van der Waals surface area contributed by atoms with Crippen LogP contribution in [0.15, 0.2) is 18.3 Å². The van der Waals surface area contributed by atoms with Gasteiger partial charge in [-0.2, -0.15) is 4.39 Å². The number of pyridine rings is 1. The number of fused-ring (bicyclic) bond motifs is 1. The van der Waals surface area contributed by atoms with Gasteiger partial charge in [-0.15, -0.1) is 0 Å². The summed E-state index contributed by atoms with van der Waals surface area (Å²) in [5.74, 6) is -0.940. The lowest BCUT2D eigenvalue weighted by Gasteiger charge is -2.35. The maximum Gasteiger partial charge on any atom is 0.251 e. The van der Waals surface area contributed by atoms with E-state index in [0.717, 1.165) is 25.8 Å². The predicted molar refractivity (Wildman–Crippen MR) is 70.9 cm³/mol. The molecule has 108 valence electrons. The van der Waals surface area contributed by atoms with Crippen molar-refractivity contribution in [1.29, 1.82) is 0 Å². The molecule has 0 bridgehead atoms. The summed E-state index contributed by atoms with van der Waals surface area (Å²) in [4.78, 5) is 17.7. The quantitative estimate of drug-likeness (QED) is 0.832. The van der Waals surface area contributed by atoms with Gasteiger partial charge >= 0.3 is 0 Å². The van der Waals surface area contributed by atoms with Gasteiger partial charge in [0.1, 0.15) is 0 Å². The second-order valence-electron chi connectivity index (χ2n) is 5.32. The van der Waals surface area contributed by atoms with E-state index >= 15 is 0 Å². The molecule has 1 aromatic rings. The normalized spacial score (nSPS) is 26.2. The number of carbonyl (C=O) groups is 1. The minimum atomic E-state index is -0.647. The van der Waals surface area contributed by atoms with Crippen molar-refractivity contribution in [3.8, 4) is 0 Å². The Morgan fingerprint density at radius 1 is 1.60 bits per heavy atom. The minimum absolute atomic E-state index is 0.0139. The van der Waals surface area contributed by atoms with Crippen LogP contribution in [0, 0.1) is 5.95 Å². The first-order chi connectivity index (χ1) is 9.72. The third kappa shape index (κ3) is 2.96. The van der Waals surface area contributed by atoms with E-state index in [1.54, 1.807) is 0 Å².